The zero-order chi connectivity index (χ0) is 26.4. The second-order valence-electron chi connectivity index (χ2n) is 9.03. The molecule has 2 atom stereocenters. The quantitative estimate of drug-likeness (QED) is 0.184. The van der Waals surface area contributed by atoms with E-state index >= 15 is 0 Å². The molecule has 0 aliphatic carbocycles. The first-order valence-corrected chi connectivity index (χ1v) is 12.4. The van der Waals surface area contributed by atoms with Crippen LogP contribution >= 0.6 is 0 Å². The molecule has 0 spiro atoms. The number of benzene rings is 2. The molecule has 0 radical (unpaired) electrons. The number of hydrogen-bond acceptors (Lipinski definition) is 8. The van der Waals surface area contributed by atoms with Gasteiger partial charge in [0.25, 0.3) is 0 Å². The van der Waals surface area contributed by atoms with Crippen LogP contribution in [0.5, 0.6) is 5.75 Å². The maximum absolute atomic E-state index is 12.8. The highest BCUT2D eigenvalue weighted by Gasteiger charge is 2.36. The van der Waals surface area contributed by atoms with Gasteiger partial charge in [-0.1, -0.05) is 48.9 Å². The van der Waals surface area contributed by atoms with Crippen molar-refractivity contribution >= 4 is 19.0 Å². The summed E-state index contributed by atoms with van der Waals surface area (Å²) < 4.78 is 15.9. The van der Waals surface area contributed by atoms with Crippen molar-refractivity contribution in [3.63, 3.8) is 0 Å². The molecule has 8 nitrogen and oxygen atoms in total. The number of unbranched alkanes of at least 4 members (excludes halogenated alkanes) is 1. The Labute approximate surface area is 214 Å². The van der Waals surface area contributed by atoms with Crippen LogP contribution in [0.4, 0.5) is 0 Å². The third-order valence-corrected chi connectivity index (χ3v) is 6.24. The molecular formula is C27H39BN2O6. The van der Waals surface area contributed by atoms with Crippen LogP contribution in [0, 0.1) is 0 Å². The van der Waals surface area contributed by atoms with E-state index in [0.717, 1.165) is 24.0 Å². The van der Waals surface area contributed by atoms with Gasteiger partial charge in [-0.2, -0.15) is 0 Å². The summed E-state index contributed by atoms with van der Waals surface area (Å²) in [5.74, 6) is 0.0306. The van der Waals surface area contributed by atoms with Crippen molar-refractivity contribution in [3.05, 3.63) is 65.7 Å². The second kappa shape index (κ2) is 15.3. The van der Waals surface area contributed by atoms with E-state index in [-0.39, 0.29) is 11.9 Å². The maximum atomic E-state index is 12.8. The summed E-state index contributed by atoms with van der Waals surface area (Å²) in [5, 5.41) is 15.5. The van der Waals surface area contributed by atoms with E-state index in [9.17, 15) is 14.6 Å². The van der Waals surface area contributed by atoms with Gasteiger partial charge in [-0.05, 0) is 69.4 Å². The standard InChI is InChI=1S/C27H39BN2O6/c1-27(26(32)35-4,17-19-29-24(25(31)34-3)12-8-9-18-30-28(2)33)22-13-15-23(16-14-22)36-20-21-10-6-5-7-11-21/h5-7,10-11,13-16,24,29-30,33H,8-9,12,17-20H2,1-4H3/t24-,27?/m1/s1. The predicted molar refractivity (Wildman–Crippen MR) is 141 cm³/mol. The highest BCUT2D eigenvalue weighted by atomic mass is 16.5. The van der Waals surface area contributed by atoms with Crippen molar-refractivity contribution in [1.29, 1.82) is 0 Å². The van der Waals surface area contributed by atoms with Gasteiger partial charge in [0.15, 0.2) is 0 Å². The van der Waals surface area contributed by atoms with E-state index in [2.05, 4.69) is 10.5 Å². The van der Waals surface area contributed by atoms with E-state index in [1.807, 2.05) is 61.5 Å². The minimum atomic E-state index is -0.901. The lowest BCUT2D eigenvalue weighted by Crippen LogP contribution is -2.42. The Hall–Kier alpha value is -2.88. The Morgan fingerprint density at radius 2 is 1.69 bits per heavy atom. The molecule has 3 N–H and O–H groups in total. The van der Waals surface area contributed by atoms with Gasteiger partial charge in [0.2, 0.25) is 0 Å². The van der Waals surface area contributed by atoms with Gasteiger partial charge >= 0.3 is 19.0 Å². The molecule has 0 aliphatic heterocycles. The SMILES string of the molecule is COC(=O)[C@@H](CCCCNB(C)O)NCCC(C)(C(=O)OC)c1ccc(OCc2ccccc2)cc1. The molecule has 1 unspecified atom stereocenters. The molecule has 0 aromatic heterocycles. The topological polar surface area (TPSA) is 106 Å². The zero-order valence-corrected chi connectivity index (χ0v) is 21.8. The summed E-state index contributed by atoms with van der Waals surface area (Å²) in [5.41, 5.74) is 0.982. The fourth-order valence-corrected chi connectivity index (χ4v) is 3.98. The normalized spacial score (nSPS) is 13.4. The van der Waals surface area contributed by atoms with Gasteiger partial charge in [-0.3, -0.25) is 9.59 Å². The summed E-state index contributed by atoms with van der Waals surface area (Å²) in [6.07, 6.45) is 2.63. The number of carbonyl (C=O) groups excluding carboxylic acids is 2. The minimum Gasteiger partial charge on any atom is -0.489 e. The molecule has 0 heterocycles. The van der Waals surface area contributed by atoms with Crippen LogP contribution in [0.15, 0.2) is 54.6 Å². The Bertz CT molecular complexity index is 926. The third kappa shape index (κ3) is 9.30. The number of carbonyl (C=O) groups is 2. The molecule has 0 amide bonds. The number of rotatable bonds is 16. The fraction of sp³-hybridized carbons (Fsp3) is 0.481. The van der Waals surface area contributed by atoms with Gasteiger partial charge in [0, 0.05) is 0 Å². The summed E-state index contributed by atoms with van der Waals surface area (Å²) in [7, 11) is 2.19. The van der Waals surface area contributed by atoms with Crippen molar-refractivity contribution < 1.29 is 28.8 Å². The molecule has 9 heteroatoms. The summed E-state index contributed by atoms with van der Waals surface area (Å²) >= 11 is 0. The minimum absolute atomic E-state index is 0.335. The van der Waals surface area contributed by atoms with Gasteiger partial charge in [-0.15, -0.1) is 0 Å². The van der Waals surface area contributed by atoms with Gasteiger partial charge in [0.1, 0.15) is 18.4 Å². The lowest BCUT2D eigenvalue weighted by atomic mass is 9.79. The molecule has 0 fully saturated rings. The predicted octanol–water partition coefficient (Wildman–Crippen LogP) is 3.09. The van der Waals surface area contributed by atoms with Crippen molar-refractivity contribution in [1.82, 2.24) is 10.5 Å². The molecule has 196 valence electrons. The first-order chi connectivity index (χ1) is 17.3. The van der Waals surface area contributed by atoms with Crippen molar-refractivity contribution in [3.8, 4) is 5.75 Å². The van der Waals surface area contributed by atoms with E-state index < -0.39 is 18.5 Å². The lowest BCUT2D eigenvalue weighted by Gasteiger charge is -2.28. The van der Waals surface area contributed by atoms with Crippen LogP contribution < -0.4 is 15.3 Å². The first-order valence-electron chi connectivity index (χ1n) is 12.4. The maximum Gasteiger partial charge on any atom is 0.373 e. The van der Waals surface area contributed by atoms with Gasteiger partial charge in [-0.25, -0.2) is 0 Å². The third-order valence-electron chi connectivity index (χ3n) is 6.24. The highest BCUT2D eigenvalue weighted by molar-refractivity contribution is 6.45. The van der Waals surface area contributed by atoms with E-state index in [1.54, 1.807) is 6.82 Å². The molecule has 2 rings (SSSR count). The van der Waals surface area contributed by atoms with Crippen LogP contribution in [0.2, 0.25) is 6.82 Å². The Morgan fingerprint density at radius 3 is 2.31 bits per heavy atom. The second-order valence-corrected chi connectivity index (χ2v) is 9.03. The average Bonchev–Trinajstić information content (AvgIpc) is 2.90. The fourth-order valence-electron chi connectivity index (χ4n) is 3.98. The van der Waals surface area contributed by atoms with E-state index in [1.165, 1.54) is 14.2 Å². The Balaban J connectivity index is 1.97. The molecular weight excluding hydrogens is 459 g/mol. The largest absolute Gasteiger partial charge is 0.489 e. The zero-order valence-electron chi connectivity index (χ0n) is 21.8. The van der Waals surface area contributed by atoms with Gasteiger partial charge in [0.05, 0.1) is 19.6 Å². The number of methoxy groups -OCH3 is 2. The van der Waals surface area contributed by atoms with Crippen LogP contribution in [0.25, 0.3) is 0 Å². The van der Waals surface area contributed by atoms with Crippen molar-refractivity contribution in [2.24, 2.45) is 0 Å². The Kier molecular flexibility index (Phi) is 12.5. The smallest absolute Gasteiger partial charge is 0.373 e. The molecule has 2 aromatic carbocycles. The number of esters is 2. The average molecular weight is 498 g/mol. The highest BCUT2D eigenvalue weighted by Crippen LogP contribution is 2.30. The molecule has 36 heavy (non-hydrogen) atoms. The van der Waals surface area contributed by atoms with E-state index in [0.29, 0.717) is 38.3 Å². The number of nitrogens with one attached hydrogen (secondary N) is 2. The van der Waals surface area contributed by atoms with Crippen molar-refractivity contribution in [2.75, 3.05) is 27.3 Å². The first kappa shape index (κ1) is 29.4. The summed E-state index contributed by atoms with van der Waals surface area (Å²) in [4.78, 5) is 25.0. The van der Waals surface area contributed by atoms with Crippen LogP contribution in [0.3, 0.4) is 0 Å². The van der Waals surface area contributed by atoms with Crippen LogP contribution in [-0.4, -0.2) is 57.4 Å². The summed E-state index contributed by atoms with van der Waals surface area (Å²) in [6.45, 7) is 5.06. The Morgan fingerprint density at radius 1 is 1.00 bits per heavy atom. The lowest BCUT2D eigenvalue weighted by molar-refractivity contribution is -0.147. The molecule has 0 aliphatic rings. The number of hydrogen-bond donors (Lipinski definition) is 3. The van der Waals surface area contributed by atoms with E-state index in [4.69, 9.17) is 14.2 Å². The molecule has 0 bridgehead atoms. The van der Waals surface area contributed by atoms with Crippen LogP contribution in [-0.2, 0) is 31.1 Å². The molecule has 2 aromatic rings. The molecule has 0 saturated carbocycles. The molecule has 0 saturated heterocycles. The summed E-state index contributed by atoms with van der Waals surface area (Å²) in [6, 6.07) is 16.9. The van der Waals surface area contributed by atoms with Crippen LogP contribution in [0.1, 0.15) is 43.7 Å². The number of ether oxygens (including phenoxy) is 3. The van der Waals surface area contributed by atoms with Gasteiger partial charge < -0.3 is 29.8 Å². The van der Waals surface area contributed by atoms with Crippen molar-refractivity contribution in [2.45, 2.75) is 57.5 Å². The monoisotopic (exact) mass is 498 g/mol.